The minimum absolute atomic E-state index is 0.0693. The van der Waals surface area contributed by atoms with Crippen LogP contribution in [0.3, 0.4) is 0 Å². The number of imidazole rings is 2. The Morgan fingerprint density at radius 3 is 1.64 bits per heavy atom. The average molecular weight is 981 g/mol. The Morgan fingerprint density at radius 1 is 0.694 bits per heavy atom. The Balaban J connectivity index is 1.27. The van der Waals surface area contributed by atoms with E-state index in [2.05, 4.69) is 30.9 Å². The lowest BCUT2D eigenvalue weighted by Gasteiger charge is -2.13. The zero-order valence-corrected chi connectivity index (χ0v) is 40.2. The number of nitrogens with zero attached hydrogens (tertiary/aromatic N) is 11. The fourth-order valence-corrected chi connectivity index (χ4v) is 7.48. The summed E-state index contributed by atoms with van der Waals surface area (Å²) in [6.45, 7) is 8.99. The monoisotopic (exact) mass is 980 g/mol. The van der Waals surface area contributed by atoms with Crippen molar-refractivity contribution in [2.75, 3.05) is 41.9 Å². The number of aliphatic imine (C=N–C) groups is 1. The number of ether oxygens (including phenoxy) is 2. The summed E-state index contributed by atoms with van der Waals surface area (Å²) in [6, 6.07) is 7.72. The number of primary amides is 2. The number of benzene rings is 2. The van der Waals surface area contributed by atoms with E-state index in [0.29, 0.717) is 76.7 Å². The van der Waals surface area contributed by atoms with Crippen LogP contribution in [0.5, 0.6) is 11.5 Å². The maximum Gasteiger partial charge on any atom is 0.276 e. The molecule has 0 bridgehead atoms. The summed E-state index contributed by atoms with van der Waals surface area (Å²) in [4.78, 5) is 66.8. The molecule has 0 atom stereocenters. The number of nitrogens with two attached hydrogens (primary N) is 5. The number of rotatable bonds is 23. The van der Waals surface area contributed by atoms with Crippen molar-refractivity contribution in [2.45, 2.75) is 60.4 Å². The van der Waals surface area contributed by atoms with Crippen LogP contribution in [0, 0.1) is 6.92 Å². The van der Waals surface area contributed by atoms with Crippen LogP contribution in [0.15, 0.2) is 108 Å². The molecule has 0 radical (unpaired) electrons. The molecule has 0 unspecified atom stereocenters. The summed E-state index contributed by atoms with van der Waals surface area (Å²) >= 11 is 0. The lowest BCUT2D eigenvalue weighted by atomic mass is 10.1. The summed E-state index contributed by atoms with van der Waals surface area (Å²) in [5.41, 5.74) is 33.3. The number of allylic oxidation sites excluding steroid dienone is 5. The zero-order chi connectivity index (χ0) is 51.5. The topological polar surface area (TPSA) is 342 Å². The van der Waals surface area contributed by atoms with Crippen molar-refractivity contribution in [3.8, 4) is 11.5 Å². The molecule has 0 aliphatic rings. The first-order chi connectivity index (χ1) is 34.6. The number of fused-ring (bicyclic) bond motifs is 2. The van der Waals surface area contributed by atoms with Gasteiger partial charge in [0.15, 0.2) is 0 Å². The van der Waals surface area contributed by atoms with E-state index in [9.17, 15) is 19.2 Å². The fraction of sp³-hybridized carbons (Fsp3) is 0.250. The largest absolute Gasteiger partial charge is 0.487 e. The molecular weight excluding hydrogens is 925 g/mol. The van der Waals surface area contributed by atoms with Crippen molar-refractivity contribution in [1.29, 1.82) is 0 Å². The Labute approximate surface area is 412 Å². The predicted octanol–water partition coefficient (Wildman–Crippen LogP) is 3.71. The standard InChI is InChI=1S/C48H56N18O6/c1-5-54-37(19-29(3)49)45(69)59-47-57-35-21-31(43(52)67)23-39(71-17-11-9-13-62-27-33(50)25-55-62)41(35)64(47)15-7-8-16-65-42-36(58-48(65)60-46(70)38-20-30(4)61-66(38)6-2)22-32(44(53)68)24-40(42)72-18-12-10-14-63-28-34(51)26-56-63/h7-12,19-28H,5-6,13-18,49-51H2,1-4H3,(H2,52,67)(H2,53,68)(H,57,59,69)(H,58,60,70)/b8-7+,11-9+,12-10+,29-19-,54-37?. The summed E-state index contributed by atoms with van der Waals surface area (Å²) in [5.74, 6) is -1.77. The van der Waals surface area contributed by atoms with E-state index in [1.165, 1.54) is 30.3 Å². The number of aryl methyl sites for hydroxylation is 2. The van der Waals surface area contributed by atoms with Gasteiger partial charge in [-0.2, -0.15) is 15.3 Å². The van der Waals surface area contributed by atoms with Gasteiger partial charge < -0.3 is 47.3 Å². The van der Waals surface area contributed by atoms with Gasteiger partial charge in [-0.25, -0.2) is 9.97 Å². The second kappa shape index (κ2) is 22.8. The molecule has 4 amide bonds. The Hall–Kier alpha value is -9.48. The van der Waals surface area contributed by atoms with Crippen LogP contribution in [0.1, 0.15) is 57.7 Å². The average Bonchev–Trinajstić information content (AvgIpc) is 4.18. The van der Waals surface area contributed by atoms with Gasteiger partial charge in [0.05, 0.1) is 53.6 Å². The molecule has 24 heteroatoms. The molecule has 0 aliphatic heterocycles. The normalized spacial score (nSPS) is 12.3. The number of nitrogens with one attached hydrogen (secondary N) is 2. The van der Waals surface area contributed by atoms with E-state index in [4.69, 9.17) is 48.1 Å². The number of carbonyl (C=O) groups excluding carboxylic acids is 4. The lowest BCUT2D eigenvalue weighted by Crippen LogP contribution is -2.24. The molecule has 24 nitrogen and oxygen atoms in total. The second-order valence-corrected chi connectivity index (χ2v) is 16.2. The van der Waals surface area contributed by atoms with Crippen molar-refractivity contribution in [2.24, 2.45) is 22.2 Å². The maximum atomic E-state index is 13.9. The van der Waals surface area contributed by atoms with E-state index in [1.807, 2.05) is 25.2 Å². The molecule has 7 rings (SSSR count). The predicted molar refractivity (Wildman–Crippen MR) is 273 cm³/mol. The molecular formula is C48H56N18O6. The van der Waals surface area contributed by atoms with Gasteiger partial charge in [0.25, 0.3) is 11.8 Å². The van der Waals surface area contributed by atoms with Crippen LogP contribution < -0.4 is 48.8 Å². The van der Waals surface area contributed by atoms with Gasteiger partial charge in [0.1, 0.15) is 47.2 Å². The highest BCUT2D eigenvalue weighted by atomic mass is 16.5. The van der Waals surface area contributed by atoms with E-state index in [0.717, 1.165) is 0 Å². The summed E-state index contributed by atoms with van der Waals surface area (Å²) in [5, 5.41) is 18.6. The molecule has 0 spiro atoms. The molecule has 0 fully saturated rings. The lowest BCUT2D eigenvalue weighted by molar-refractivity contribution is -0.110. The molecule has 7 aromatic rings. The minimum Gasteiger partial charge on any atom is -0.487 e. The van der Waals surface area contributed by atoms with Gasteiger partial charge in [0.2, 0.25) is 23.7 Å². The minimum atomic E-state index is -0.721. The highest BCUT2D eigenvalue weighted by molar-refractivity contribution is 6.47. The van der Waals surface area contributed by atoms with Crippen LogP contribution in [-0.4, -0.2) is 97.5 Å². The molecule has 72 heavy (non-hydrogen) atoms. The van der Waals surface area contributed by atoms with Crippen LogP contribution in [0.25, 0.3) is 22.1 Å². The number of carbonyl (C=O) groups is 4. The van der Waals surface area contributed by atoms with Crippen LogP contribution >= 0.6 is 0 Å². The van der Waals surface area contributed by atoms with Crippen molar-refractivity contribution in [3.05, 3.63) is 126 Å². The Bertz CT molecular complexity index is 3300. The first-order valence-electron chi connectivity index (χ1n) is 22.7. The summed E-state index contributed by atoms with van der Waals surface area (Å²) in [7, 11) is 0. The van der Waals surface area contributed by atoms with E-state index >= 15 is 0 Å². The van der Waals surface area contributed by atoms with Gasteiger partial charge in [-0.05, 0) is 76.3 Å². The quantitative estimate of drug-likeness (QED) is 0.0355. The molecule has 0 aliphatic carbocycles. The van der Waals surface area contributed by atoms with Crippen LogP contribution in [-0.2, 0) is 37.5 Å². The van der Waals surface area contributed by atoms with E-state index < -0.39 is 23.6 Å². The Morgan fingerprint density at radius 2 is 1.19 bits per heavy atom. The molecule has 2 aromatic carbocycles. The first kappa shape index (κ1) is 50.4. The zero-order valence-electron chi connectivity index (χ0n) is 40.2. The van der Waals surface area contributed by atoms with Gasteiger partial charge in [-0.15, -0.1) is 0 Å². The number of hydrogen-bond donors (Lipinski definition) is 7. The third kappa shape index (κ3) is 12.2. The third-order valence-corrected chi connectivity index (χ3v) is 10.6. The van der Waals surface area contributed by atoms with Crippen molar-refractivity contribution >= 4 is 74.7 Å². The van der Waals surface area contributed by atoms with E-state index in [1.54, 1.807) is 93.0 Å². The number of aromatic nitrogens is 10. The summed E-state index contributed by atoms with van der Waals surface area (Å²) in [6.07, 6.45) is 18.8. The summed E-state index contributed by atoms with van der Waals surface area (Å²) < 4.78 is 20.9. The molecule has 5 aromatic heterocycles. The van der Waals surface area contributed by atoms with Crippen LogP contribution in [0.4, 0.5) is 23.3 Å². The molecule has 0 saturated heterocycles. The molecule has 12 N–H and O–H groups in total. The molecule has 374 valence electrons. The van der Waals surface area contributed by atoms with Gasteiger partial charge in [-0.3, -0.25) is 48.8 Å². The smallest absolute Gasteiger partial charge is 0.276 e. The van der Waals surface area contributed by atoms with Gasteiger partial charge >= 0.3 is 0 Å². The number of anilines is 4. The van der Waals surface area contributed by atoms with Gasteiger partial charge in [-0.1, -0.05) is 24.3 Å². The maximum absolute atomic E-state index is 13.9. The van der Waals surface area contributed by atoms with Crippen molar-refractivity contribution in [3.63, 3.8) is 0 Å². The number of amides is 4. The Kier molecular flexibility index (Phi) is 15.9. The molecule has 5 heterocycles. The molecule has 0 saturated carbocycles. The van der Waals surface area contributed by atoms with E-state index in [-0.39, 0.29) is 66.5 Å². The fourth-order valence-electron chi connectivity index (χ4n) is 7.48. The number of nitrogen functional groups attached to an aromatic ring is 2. The SMILES string of the molecule is CCN=C(/C=C(/C)N)C(=O)Nc1nc2cc(C(N)=O)cc(OC/C=C/Cn3cc(N)cn3)c2n1C/C=C/Cn1c(NC(=O)c2cc(C)nn2CC)nc2cc(C(N)=O)cc(OC/C=C/Cn3cc(N)cn3)c21. The van der Waals surface area contributed by atoms with Crippen molar-refractivity contribution in [1.82, 2.24) is 48.4 Å². The highest BCUT2D eigenvalue weighted by Crippen LogP contribution is 2.33. The van der Waals surface area contributed by atoms with Crippen molar-refractivity contribution < 1.29 is 28.7 Å². The highest BCUT2D eigenvalue weighted by Gasteiger charge is 2.23. The van der Waals surface area contributed by atoms with Crippen LogP contribution in [0.2, 0.25) is 0 Å². The second-order valence-electron chi connectivity index (χ2n) is 16.2. The van der Waals surface area contributed by atoms with Gasteiger partial charge in [0, 0.05) is 55.4 Å². The first-order valence-corrected chi connectivity index (χ1v) is 22.7. The third-order valence-electron chi connectivity index (χ3n) is 10.6. The number of hydrogen-bond acceptors (Lipinski definition) is 15.